The van der Waals surface area contributed by atoms with E-state index in [-0.39, 0.29) is 12.5 Å². The Labute approximate surface area is 182 Å². The molecule has 0 saturated heterocycles. The zero-order valence-corrected chi connectivity index (χ0v) is 17.2. The summed E-state index contributed by atoms with van der Waals surface area (Å²) in [5.41, 5.74) is 2.57. The predicted octanol–water partition coefficient (Wildman–Crippen LogP) is 3.86. The number of hydrogen-bond donors (Lipinski definition) is 1. The fourth-order valence-corrected chi connectivity index (χ4v) is 3.51. The smallest absolute Gasteiger partial charge is 0.269 e. The second kappa shape index (κ2) is 7.81. The van der Waals surface area contributed by atoms with Gasteiger partial charge in [0.1, 0.15) is 23.4 Å². The number of benzene rings is 3. The van der Waals surface area contributed by atoms with E-state index in [2.05, 4.69) is 15.5 Å². The fraction of sp³-hybridized carbons (Fsp3) is 0.136. The van der Waals surface area contributed by atoms with Crippen molar-refractivity contribution in [2.24, 2.45) is 0 Å². The van der Waals surface area contributed by atoms with Gasteiger partial charge in [-0.25, -0.2) is 0 Å². The molecule has 1 N–H and O–H groups in total. The SMILES string of the molecule is COc1ccc(-n2nc3ccc(NC(=O)[C@H]4COc5ccccc5O4)cc3n2)cc1Cl. The monoisotopic (exact) mass is 436 g/mol. The fourth-order valence-electron chi connectivity index (χ4n) is 3.26. The first-order valence-corrected chi connectivity index (χ1v) is 9.89. The van der Waals surface area contributed by atoms with E-state index in [1.807, 2.05) is 18.2 Å². The van der Waals surface area contributed by atoms with Gasteiger partial charge in [0.05, 0.1) is 17.8 Å². The van der Waals surface area contributed by atoms with E-state index in [1.165, 1.54) is 4.80 Å². The highest BCUT2D eigenvalue weighted by molar-refractivity contribution is 6.32. The lowest BCUT2D eigenvalue weighted by Gasteiger charge is -2.25. The third kappa shape index (κ3) is 3.73. The minimum atomic E-state index is -0.747. The van der Waals surface area contributed by atoms with Crippen LogP contribution in [0, 0.1) is 0 Å². The van der Waals surface area contributed by atoms with Gasteiger partial charge in [-0.3, -0.25) is 4.79 Å². The molecule has 0 saturated carbocycles. The first-order valence-electron chi connectivity index (χ1n) is 9.51. The largest absolute Gasteiger partial charge is 0.495 e. The average molecular weight is 437 g/mol. The zero-order valence-electron chi connectivity index (χ0n) is 16.4. The Kier molecular flexibility index (Phi) is 4.83. The maximum Gasteiger partial charge on any atom is 0.269 e. The quantitative estimate of drug-likeness (QED) is 0.522. The molecule has 0 unspecified atom stereocenters. The van der Waals surface area contributed by atoms with E-state index in [4.69, 9.17) is 25.8 Å². The van der Waals surface area contributed by atoms with Gasteiger partial charge in [0, 0.05) is 5.69 Å². The number of carbonyl (C=O) groups is 1. The number of halogens is 1. The standard InChI is InChI=1S/C22H17ClN4O4/c1-29-18-9-7-14(11-15(18)23)27-25-16-8-6-13(10-17(16)26-27)24-22(28)21-12-30-19-4-2-3-5-20(19)31-21/h2-11,21H,12H2,1H3,(H,24,28)/t21-/m1/s1. The van der Waals surface area contributed by atoms with E-state index >= 15 is 0 Å². The number of aromatic nitrogens is 3. The van der Waals surface area contributed by atoms with Crippen LogP contribution in [0.25, 0.3) is 16.7 Å². The van der Waals surface area contributed by atoms with Crippen LogP contribution in [-0.2, 0) is 4.79 Å². The highest BCUT2D eigenvalue weighted by Gasteiger charge is 2.27. The molecular formula is C22H17ClN4O4. The van der Waals surface area contributed by atoms with Crippen molar-refractivity contribution in [2.45, 2.75) is 6.10 Å². The van der Waals surface area contributed by atoms with Crippen LogP contribution in [0.15, 0.2) is 60.7 Å². The first-order chi connectivity index (χ1) is 15.1. The van der Waals surface area contributed by atoms with Gasteiger partial charge in [-0.2, -0.15) is 4.80 Å². The maximum atomic E-state index is 12.7. The summed E-state index contributed by atoms with van der Waals surface area (Å²) in [6.07, 6.45) is -0.747. The molecule has 5 rings (SSSR count). The Morgan fingerprint density at radius 1 is 1.10 bits per heavy atom. The van der Waals surface area contributed by atoms with E-state index in [1.54, 1.807) is 49.6 Å². The molecule has 0 spiro atoms. The van der Waals surface area contributed by atoms with Crippen molar-refractivity contribution in [1.82, 2.24) is 15.0 Å². The number of para-hydroxylation sites is 2. The predicted molar refractivity (Wildman–Crippen MR) is 115 cm³/mol. The van der Waals surface area contributed by atoms with Crippen molar-refractivity contribution in [3.8, 4) is 22.9 Å². The summed E-state index contributed by atoms with van der Waals surface area (Å²) in [6, 6.07) is 17.8. The van der Waals surface area contributed by atoms with Gasteiger partial charge in [-0.15, -0.1) is 10.2 Å². The van der Waals surface area contributed by atoms with Crippen LogP contribution >= 0.6 is 11.6 Å². The lowest BCUT2D eigenvalue weighted by atomic mass is 10.2. The zero-order chi connectivity index (χ0) is 21.4. The van der Waals surface area contributed by atoms with Gasteiger partial charge in [0.15, 0.2) is 11.5 Å². The highest BCUT2D eigenvalue weighted by Crippen LogP contribution is 2.31. The molecule has 3 aromatic carbocycles. The number of ether oxygens (including phenoxy) is 3. The number of fused-ring (bicyclic) bond motifs is 2. The molecule has 1 aliphatic rings. The van der Waals surface area contributed by atoms with Crippen LogP contribution in [0.5, 0.6) is 17.2 Å². The molecule has 1 atom stereocenters. The maximum absolute atomic E-state index is 12.7. The van der Waals surface area contributed by atoms with E-state index in [0.29, 0.717) is 44.7 Å². The summed E-state index contributed by atoms with van der Waals surface area (Å²) >= 11 is 6.20. The van der Waals surface area contributed by atoms with Crippen molar-refractivity contribution in [3.05, 3.63) is 65.7 Å². The summed E-state index contributed by atoms with van der Waals surface area (Å²) in [7, 11) is 1.56. The van der Waals surface area contributed by atoms with Gasteiger partial charge < -0.3 is 19.5 Å². The number of hydrogen-bond acceptors (Lipinski definition) is 6. The Balaban J connectivity index is 1.34. The molecule has 0 aliphatic carbocycles. The Morgan fingerprint density at radius 2 is 1.90 bits per heavy atom. The number of rotatable bonds is 4. The highest BCUT2D eigenvalue weighted by atomic mass is 35.5. The lowest BCUT2D eigenvalue weighted by Crippen LogP contribution is -2.40. The van der Waals surface area contributed by atoms with Crippen LogP contribution < -0.4 is 19.5 Å². The second-order valence-corrected chi connectivity index (χ2v) is 7.27. The molecule has 8 nitrogen and oxygen atoms in total. The van der Waals surface area contributed by atoms with Crippen LogP contribution in [0.4, 0.5) is 5.69 Å². The number of methoxy groups -OCH3 is 1. The summed E-state index contributed by atoms with van der Waals surface area (Å²) < 4.78 is 16.5. The number of nitrogens with zero attached hydrogens (tertiary/aromatic N) is 3. The number of anilines is 1. The van der Waals surface area contributed by atoms with Gasteiger partial charge in [0.25, 0.3) is 5.91 Å². The molecule has 0 radical (unpaired) electrons. The van der Waals surface area contributed by atoms with Gasteiger partial charge >= 0.3 is 0 Å². The normalized spacial score (nSPS) is 15.0. The Hall–Kier alpha value is -3.78. The Bertz CT molecular complexity index is 1290. The molecule has 0 bridgehead atoms. The number of carbonyl (C=O) groups excluding carboxylic acids is 1. The molecule has 1 amide bonds. The summed E-state index contributed by atoms with van der Waals surface area (Å²) in [4.78, 5) is 14.1. The third-order valence-corrected chi connectivity index (χ3v) is 5.11. The van der Waals surface area contributed by atoms with Crippen molar-refractivity contribution in [3.63, 3.8) is 0 Å². The van der Waals surface area contributed by atoms with Crippen molar-refractivity contribution in [1.29, 1.82) is 0 Å². The number of amides is 1. The molecule has 31 heavy (non-hydrogen) atoms. The van der Waals surface area contributed by atoms with Crippen molar-refractivity contribution >= 4 is 34.2 Å². The minimum Gasteiger partial charge on any atom is -0.495 e. The average Bonchev–Trinajstić information content (AvgIpc) is 3.22. The summed E-state index contributed by atoms with van der Waals surface area (Å²) in [5.74, 6) is 1.44. The molecule has 1 aromatic heterocycles. The molecular weight excluding hydrogens is 420 g/mol. The van der Waals surface area contributed by atoms with Crippen molar-refractivity contribution in [2.75, 3.05) is 19.0 Å². The molecule has 0 fully saturated rings. The van der Waals surface area contributed by atoms with E-state index in [9.17, 15) is 4.79 Å². The molecule has 1 aliphatic heterocycles. The summed E-state index contributed by atoms with van der Waals surface area (Å²) in [6.45, 7) is 0.138. The van der Waals surface area contributed by atoms with Crippen LogP contribution in [0.3, 0.4) is 0 Å². The number of nitrogens with one attached hydrogen (secondary N) is 1. The topological polar surface area (TPSA) is 87.5 Å². The van der Waals surface area contributed by atoms with Gasteiger partial charge in [-0.05, 0) is 48.5 Å². The van der Waals surface area contributed by atoms with Gasteiger partial charge in [-0.1, -0.05) is 23.7 Å². The van der Waals surface area contributed by atoms with Crippen LogP contribution in [0.1, 0.15) is 0 Å². The molecule has 156 valence electrons. The third-order valence-electron chi connectivity index (χ3n) is 4.82. The van der Waals surface area contributed by atoms with E-state index < -0.39 is 6.10 Å². The molecule has 9 heteroatoms. The lowest BCUT2D eigenvalue weighted by molar-refractivity contribution is -0.125. The first kappa shape index (κ1) is 19.2. The van der Waals surface area contributed by atoms with Gasteiger partial charge in [0.2, 0.25) is 6.10 Å². The van der Waals surface area contributed by atoms with Crippen molar-refractivity contribution < 1.29 is 19.0 Å². The second-order valence-electron chi connectivity index (χ2n) is 6.87. The molecule has 2 heterocycles. The van der Waals surface area contributed by atoms with Crippen LogP contribution in [-0.4, -0.2) is 40.7 Å². The minimum absolute atomic E-state index is 0.138. The summed E-state index contributed by atoms with van der Waals surface area (Å²) in [5, 5.41) is 12.3. The molecule has 4 aromatic rings. The Morgan fingerprint density at radius 3 is 2.71 bits per heavy atom. The van der Waals surface area contributed by atoms with E-state index in [0.717, 1.165) is 0 Å². The van der Waals surface area contributed by atoms with Crippen LogP contribution in [0.2, 0.25) is 5.02 Å².